The molecule has 1 rings (SSSR count). The standard InChI is InChI=1S/C12H16N2O4/c1-7-4-8(12(16)17)11(13)9(5-7)18-6-10(15)14(2)3/h4-5H,6,13H2,1-3H3,(H,16,17). The molecule has 1 aromatic carbocycles. The second kappa shape index (κ2) is 5.39. The van der Waals surface area contributed by atoms with Crippen LogP contribution in [0, 0.1) is 6.92 Å². The Morgan fingerprint density at radius 3 is 2.50 bits per heavy atom. The van der Waals surface area contributed by atoms with Crippen molar-refractivity contribution in [2.75, 3.05) is 26.4 Å². The summed E-state index contributed by atoms with van der Waals surface area (Å²) in [5, 5.41) is 8.97. The second-order valence-electron chi connectivity index (χ2n) is 4.11. The number of aromatic carboxylic acids is 1. The maximum atomic E-state index is 11.4. The molecule has 0 aliphatic carbocycles. The summed E-state index contributed by atoms with van der Waals surface area (Å²) in [7, 11) is 3.21. The number of carbonyl (C=O) groups excluding carboxylic acids is 1. The SMILES string of the molecule is Cc1cc(OCC(=O)N(C)C)c(N)c(C(=O)O)c1. The van der Waals surface area contributed by atoms with E-state index in [-0.39, 0.29) is 29.5 Å². The zero-order valence-corrected chi connectivity index (χ0v) is 10.6. The van der Waals surface area contributed by atoms with Crippen LogP contribution in [0.1, 0.15) is 15.9 Å². The molecule has 18 heavy (non-hydrogen) atoms. The summed E-state index contributed by atoms with van der Waals surface area (Å²) in [6.45, 7) is 1.55. The third-order valence-electron chi connectivity index (χ3n) is 2.37. The molecule has 98 valence electrons. The van der Waals surface area contributed by atoms with Gasteiger partial charge >= 0.3 is 5.97 Å². The van der Waals surface area contributed by atoms with Crippen molar-refractivity contribution in [2.24, 2.45) is 0 Å². The molecular formula is C12H16N2O4. The zero-order chi connectivity index (χ0) is 13.9. The molecule has 1 aromatic rings. The molecule has 0 aromatic heterocycles. The third kappa shape index (κ3) is 3.13. The van der Waals surface area contributed by atoms with Crippen molar-refractivity contribution in [2.45, 2.75) is 6.92 Å². The summed E-state index contributed by atoms with van der Waals surface area (Å²) in [5.41, 5.74) is 6.39. The molecule has 0 bridgehead atoms. The van der Waals surface area contributed by atoms with Crippen LogP contribution in [0.2, 0.25) is 0 Å². The molecule has 0 saturated carbocycles. The van der Waals surface area contributed by atoms with Crippen LogP contribution in [0.5, 0.6) is 5.75 Å². The third-order valence-corrected chi connectivity index (χ3v) is 2.37. The number of anilines is 1. The molecular weight excluding hydrogens is 236 g/mol. The highest BCUT2D eigenvalue weighted by Crippen LogP contribution is 2.27. The van der Waals surface area contributed by atoms with E-state index in [1.165, 1.54) is 11.0 Å². The van der Waals surface area contributed by atoms with E-state index in [2.05, 4.69) is 0 Å². The van der Waals surface area contributed by atoms with Crippen LogP contribution in [0.25, 0.3) is 0 Å². The monoisotopic (exact) mass is 252 g/mol. The summed E-state index contributed by atoms with van der Waals surface area (Å²) >= 11 is 0. The van der Waals surface area contributed by atoms with Gasteiger partial charge in [-0.25, -0.2) is 4.79 Å². The predicted molar refractivity (Wildman–Crippen MR) is 66.7 cm³/mol. The molecule has 1 amide bonds. The number of nitrogen functional groups attached to an aromatic ring is 1. The fourth-order valence-corrected chi connectivity index (χ4v) is 1.33. The number of nitrogens with zero attached hydrogens (tertiary/aromatic N) is 1. The maximum absolute atomic E-state index is 11.4. The first-order valence-corrected chi connectivity index (χ1v) is 5.29. The lowest BCUT2D eigenvalue weighted by molar-refractivity contribution is -0.130. The predicted octanol–water partition coefficient (Wildman–Crippen LogP) is 0.742. The molecule has 0 saturated heterocycles. The molecule has 0 atom stereocenters. The number of hydrogen-bond donors (Lipinski definition) is 2. The summed E-state index contributed by atoms with van der Waals surface area (Å²) in [5.74, 6) is -1.14. The summed E-state index contributed by atoms with van der Waals surface area (Å²) < 4.78 is 5.25. The minimum atomic E-state index is -1.13. The number of aryl methyl sites for hydroxylation is 1. The van der Waals surface area contributed by atoms with Gasteiger partial charge in [-0.3, -0.25) is 4.79 Å². The van der Waals surface area contributed by atoms with Gasteiger partial charge in [0.05, 0.1) is 11.3 Å². The van der Waals surface area contributed by atoms with Crippen molar-refractivity contribution in [1.82, 2.24) is 4.90 Å². The van der Waals surface area contributed by atoms with E-state index in [1.807, 2.05) is 0 Å². The largest absolute Gasteiger partial charge is 0.482 e. The Bertz CT molecular complexity index is 483. The van der Waals surface area contributed by atoms with E-state index in [1.54, 1.807) is 27.1 Å². The number of rotatable bonds is 4. The van der Waals surface area contributed by atoms with Gasteiger partial charge in [0.15, 0.2) is 6.61 Å². The van der Waals surface area contributed by atoms with E-state index in [0.29, 0.717) is 5.56 Å². The Labute approximate surface area is 105 Å². The van der Waals surface area contributed by atoms with E-state index < -0.39 is 5.97 Å². The van der Waals surface area contributed by atoms with Gasteiger partial charge in [-0.1, -0.05) is 0 Å². The van der Waals surface area contributed by atoms with Crippen molar-refractivity contribution in [3.63, 3.8) is 0 Å². The van der Waals surface area contributed by atoms with Crippen LogP contribution >= 0.6 is 0 Å². The minimum Gasteiger partial charge on any atom is -0.482 e. The highest BCUT2D eigenvalue weighted by Gasteiger charge is 2.15. The molecule has 6 heteroatoms. The maximum Gasteiger partial charge on any atom is 0.337 e. The topological polar surface area (TPSA) is 92.9 Å². The molecule has 0 aliphatic heterocycles. The summed E-state index contributed by atoms with van der Waals surface area (Å²) in [6, 6.07) is 3.06. The molecule has 3 N–H and O–H groups in total. The number of benzene rings is 1. The van der Waals surface area contributed by atoms with Gasteiger partial charge < -0.3 is 20.5 Å². The molecule has 0 heterocycles. The van der Waals surface area contributed by atoms with Crippen molar-refractivity contribution in [1.29, 1.82) is 0 Å². The Morgan fingerprint density at radius 2 is 2.00 bits per heavy atom. The van der Waals surface area contributed by atoms with Crippen LogP contribution in [0.4, 0.5) is 5.69 Å². The lowest BCUT2D eigenvalue weighted by atomic mass is 10.1. The summed E-state index contributed by atoms with van der Waals surface area (Å²) in [6.07, 6.45) is 0. The van der Waals surface area contributed by atoms with E-state index in [4.69, 9.17) is 15.6 Å². The number of carboxylic acid groups (broad SMARTS) is 1. The van der Waals surface area contributed by atoms with Crippen molar-refractivity contribution >= 4 is 17.6 Å². The van der Waals surface area contributed by atoms with Crippen LogP contribution in [0.3, 0.4) is 0 Å². The Balaban J connectivity index is 2.96. The van der Waals surface area contributed by atoms with Gasteiger partial charge in [0, 0.05) is 14.1 Å². The van der Waals surface area contributed by atoms with E-state index in [9.17, 15) is 9.59 Å². The second-order valence-corrected chi connectivity index (χ2v) is 4.11. The normalized spacial score (nSPS) is 9.94. The van der Waals surface area contributed by atoms with Gasteiger partial charge in [0.2, 0.25) is 0 Å². The Morgan fingerprint density at radius 1 is 1.39 bits per heavy atom. The van der Waals surface area contributed by atoms with Crippen molar-refractivity contribution in [3.05, 3.63) is 23.3 Å². The van der Waals surface area contributed by atoms with Gasteiger partial charge in [-0.05, 0) is 24.6 Å². The van der Waals surface area contributed by atoms with E-state index >= 15 is 0 Å². The minimum absolute atomic E-state index is 0.0256. The van der Waals surface area contributed by atoms with Crippen LogP contribution < -0.4 is 10.5 Å². The Kier molecular flexibility index (Phi) is 4.14. The molecule has 6 nitrogen and oxygen atoms in total. The highest BCUT2D eigenvalue weighted by molar-refractivity contribution is 5.95. The van der Waals surface area contributed by atoms with Gasteiger partial charge in [-0.2, -0.15) is 0 Å². The number of ether oxygens (including phenoxy) is 1. The summed E-state index contributed by atoms with van der Waals surface area (Å²) in [4.78, 5) is 23.7. The molecule has 0 fully saturated rings. The molecule has 0 radical (unpaired) electrons. The fraction of sp³-hybridized carbons (Fsp3) is 0.333. The van der Waals surface area contributed by atoms with Crippen LogP contribution in [0.15, 0.2) is 12.1 Å². The Hall–Kier alpha value is -2.24. The molecule has 0 aliphatic rings. The molecule has 0 unspecified atom stereocenters. The highest BCUT2D eigenvalue weighted by atomic mass is 16.5. The average molecular weight is 252 g/mol. The smallest absolute Gasteiger partial charge is 0.337 e. The van der Waals surface area contributed by atoms with Gasteiger partial charge in [-0.15, -0.1) is 0 Å². The van der Waals surface area contributed by atoms with Gasteiger partial charge in [0.25, 0.3) is 5.91 Å². The van der Waals surface area contributed by atoms with E-state index in [0.717, 1.165) is 0 Å². The average Bonchev–Trinajstić information content (AvgIpc) is 2.28. The lowest BCUT2D eigenvalue weighted by Crippen LogP contribution is -2.27. The lowest BCUT2D eigenvalue weighted by Gasteiger charge is -2.14. The van der Waals surface area contributed by atoms with Crippen LogP contribution in [-0.4, -0.2) is 42.6 Å². The number of carbonyl (C=O) groups is 2. The fourth-order valence-electron chi connectivity index (χ4n) is 1.33. The van der Waals surface area contributed by atoms with Crippen molar-refractivity contribution < 1.29 is 19.4 Å². The first-order valence-electron chi connectivity index (χ1n) is 5.29. The number of carboxylic acids is 1. The number of hydrogen-bond acceptors (Lipinski definition) is 4. The first-order chi connectivity index (χ1) is 8.32. The molecule has 0 spiro atoms. The number of nitrogens with two attached hydrogens (primary N) is 1. The van der Waals surface area contributed by atoms with Crippen molar-refractivity contribution in [3.8, 4) is 5.75 Å². The quantitative estimate of drug-likeness (QED) is 0.771. The zero-order valence-electron chi connectivity index (χ0n) is 10.6. The van der Waals surface area contributed by atoms with Gasteiger partial charge in [0.1, 0.15) is 5.75 Å². The number of likely N-dealkylation sites (N-methyl/N-ethyl adjacent to an activating group) is 1. The van der Waals surface area contributed by atoms with Crippen LogP contribution in [-0.2, 0) is 4.79 Å². The first kappa shape index (κ1) is 13.8. The number of amides is 1.